The molecular weight excluding hydrogens is 204 g/mol. The average molecular weight is 228 g/mol. The van der Waals surface area contributed by atoms with Crippen LogP contribution in [0.3, 0.4) is 0 Å². The SMILES string of the molecule is CCCOCCCNC(=O)[C@H]1CCCNC1. The zero-order valence-electron chi connectivity index (χ0n) is 10.3. The first-order valence-corrected chi connectivity index (χ1v) is 6.40. The summed E-state index contributed by atoms with van der Waals surface area (Å²) < 4.78 is 5.35. The largest absolute Gasteiger partial charge is 0.381 e. The maximum atomic E-state index is 11.7. The Morgan fingerprint density at radius 3 is 3.06 bits per heavy atom. The lowest BCUT2D eigenvalue weighted by atomic mass is 9.99. The number of rotatable bonds is 7. The van der Waals surface area contributed by atoms with Crippen LogP contribution in [0.15, 0.2) is 0 Å². The Kier molecular flexibility index (Phi) is 7.17. The van der Waals surface area contributed by atoms with Gasteiger partial charge >= 0.3 is 0 Å². The number of amides is 1. The minimum Gasteiger partial charge on any atom is -0.381 e. The summed E-state index contributed by atoms with van der Waals surface area (Å²) in [5.74, 6) is 0.369. The van der Waals surface area contributed by atoms with Crippen molar-refractivity contribution in [1.29, 1.82) is 0 Å². The molecule has 1 aliphatic heterocycles. The fourth-order valence-electron chi connectivity index (χ4n) is 1.85. The molecule has 1 heterocycles. The summed E-state index contributed by atoms with van der Waals surface area (Å²) in [6.45, 7) is 6.28. The molecule has 0 saturated carbocycles. The molecule has 4 nitrogen and oxygen atoms in total. The van der Waals surface area contributed by atoms with Crippen LogP contribution in [-0.4, -0.2) is 38.8 Å². The third-order valence-electron chi connectivity index (χ3n) is 2.78. The summed E-state index contributed by atoms with van der Waals surface area (Å²) in [4.78, 5) is 11.7. The Labute approximate surface area is 98.1 Å². The van der Waals surface area contributed by atoms with Crippen LogP contribution in [-0.2, 0) is 9.53 Å². The van der Waals surface area contributed by atoms with Crippen LogP contribution in [0.2, 0.25) is 0 Å². The fourth-order valence-corrected chi connectivity index (χ4v) is 1.85. The van der Waals surface area contributed by atoms with Crippen LogP contribution in [0.1, 0.15) is 32.6 Å². The number of carbonyl (C=O) groups excluding carboxylic acids is 1. The lowest BCUT2D eigenvalue weighted by molar-refractivity contribution is -0.125. The molecule has 0 bridgehead atoms. The maximum Gasteiger partial charge on any atom is 0.224 e. The molecule has 1 saturated heterocycles. The molecule has 0 spiro atoms. The third kappa shape index (κ3) is 5.47. The highest BCUT2D eigenvalue weighted by Gasteiger charge is 2.19. The Bertz CT molecular complexity index is 191. The van der Waals surface area contributed by atoms with Gasteiger partial charge in [0.05, 0.1) is 5.92 Å². The van der Waals surface area contributed by atoms with Gasteiger partial charge in [0.1, 0.15) is 0 Å². The van der Waals surface area contributed by atoms with E-state index in [1.807, 2.05) is 0 Å². The van der Waals surface area contributed by atoms with Crippen molar-refractivity contribution in [2.24, 2.45) is 5.92 Å². The molecule has 1 amide bonds. The van der Waals surface area contributed by atoms with Crippen LogP contribution < -0.4 is 10.6 Å². The first-order chi connectivity index (χ1) is 7.84. The topological polar surface area (TPSA) is 50.4 Å². The van der Waals surface area contributed by atoms with Crippen molar-refractivity contribution in [3.8, 4) is 0 Å². The molecular formula is C12H24N2O2. The highest BCUT2D eigenvalue weighted by atomic mass is 16.5. The minimum absolute atomic E-state index is 0.172. The normalized spacial score (nSPS) is 20.7. The van der Waals surface area contributed by atoms with Gasteiger partial charge in [-0.1, -0.05) is 6.92 Å². The number of nitrogens with one attached hydrogen (secondary N) is 2. The van der Waals surface area contributed by atoms with E-state index in [1.54, 1.807) is 0 Å². The second-order valence-corrected chi connectivity index (χ2v) is 4.30. The molecule has 1 aliphatic rings. The van der Waals surface area contributed by atoms with Crippen molar-refractivity contribution in [2.75, 3.05) is 32.8 Å². The van der Waals surface area contributed by atoms with E-state index in [0.29, 0.717) is 0 Å². The van der Waals surface area contributed by atoms with Gasteiger partial charge in [-0.2, -0.15) is 0 Å². The van der Waals surface area contributed by atoms with Gasteiger partial charge in [-0.25, -0.2) is 0 Å². The lowest BCUT2D eigenvalue weighted by Crippen LogP contribution is -2.40. The molecule has 1 fully saturated rings. The van der Waals surface area contributed by atoms with Gasteiger partial charge in [0.15, 0.2) is 0 Å². The molecule has 4 heteroatoms. The van der Waals surface area contributed by atoms with Gasteiger partial charge in [0.2, 0.25) is 5.91 Å². The van der Waals surface area contributed by atoms with Crippen molar-refractivity contribution in [2.45, 2.75) is 32.6 Å². The molecule has 0 aromatic rings. The first-order valence-electron chi connectivity index (χ1n) is 6.40. The zero-order chi connectivity index (χ0) is 11.6. The van der Waals surface area contributed by atoms with E-state index in [4.69, 9.17) is 4.74 Å². The molecule has 0 aromatic heterocycles. The molecule has 94 valence electrons. The Morgan fingerprint density at radius 1 is 1.50 bits per heavy atom. The number of carbonyl (C=O) groups is 1. The molecule has 1 rings (SSSR count). The number of ether oxygens (including phenoxy) is 1. The van der Waals surface area contributed by atoms with Gasteiger partial charge in [-0.3, -0.25) is 4.79 Å². The van der Waals surface area contributed by atoms with Gasteiger partial charge in [0.25, 0.3) is 0 Å². The Balaban J connectivity index is 1.97. The third-order valence-corrected chi connectivity index (χ3v) is 2.78. The second-order valence-electron chi connectivity index (χ2n) is 4.30. The molecule has 16 heavy (non-hydrogen) atoms. The summed E-state index contributed by atoms with van der Waals surface area (Å²) in [7, 11) is 0. The fraction of sp³-hybridized carbons (Fsp3) is 0.917. The van der Waals surface area contributed by atoms with E-state index in [9.17, 15) is 4.79 Å². The summed E-state index contributed by atoms with van der Waals surface area (Å²) in [6.07, 6.45) is 4.09. The van der Waals surface area contributed by atoms with Crippen molar-refractivity contribution in [3.05, 3.63) is 0 Å². The second kappa shape index (κ2) is 8.53. The van der Waals surface area contributed by atoms with Crippen molar-refractivity contribution in [3.63, 3.8) is 0 Å². The number of piperidine rings is 1. The standard InChI is InChI=1S/C12H24N2O2/c1-2-8-16-9-4-7-14-12(15)11-5-3-6-13-10-11/h11,13H,2-10H2,1H3,(H,14,15)/t11-/m0/s1. The monoisotopic (exact) mass is 228 g/mol. The molecule has 0 aromatic carbocycles. The van der Waals surface area contributed by atoms with Crippen LogP contribution in [0.4, 0.5) is 0 Å². The Hall–Kier alpha value is -0.610. The number of hydrogen-bond acceptors (Lipinski definition) is 3. The zero-order valence-corrected chi connectivity index (χ0v) is 10.3. The summed E-state index contributed by atoms with van der Waals surface area (Å²) in [6, 6.07) is 0. The molecule has 2 N–H and O–H groups in total. The van der Waals surface area contributed by atoms with Crippen molar-refractivity contribution in [1.82, 2.24) is 10.6 Å². The van der Waals surface area contributed by atoms with E-state index in [0.717, 1.165) is 58.5 Å². The van der Waals surface area contributed by atoms with E-state index < -0.39 is 0 Å². The predicted molar refractivity (Wildman–Crippen MR) is 64.3 cm³/mol. The lowest BCUT2D eigenvalue weighted by Gasteiger charge is -2.21. The smallest absolute Gasteiger partial charge is 0.224 e. The molecule has 0 aliphatic carbocycles. The van der Waals surface area contributed by atoms with Crippen LogP contribution in [0, 0.1) is 5.92 Å². The van der Waals surface area contributed by atoms with E-state index in [-0.39, 0.29) is 11.8 Å². The van der Waals surface area contributed by atoms with Gasteiger partial charge in [-0.05, 0) is 32.2 Å². The summed E-state index contributed by atoms with van der Waals surface area (Å²) in [5, 5.41) is 6.22. The number of hydrogen-bond donors (Lipinski definition) is 2. The molecule has 0 unspecified atom stereocenters. The summed E-state index contributed by atoms with van der Waals surface area (Å²) in [5.41, 5.74) is 0. The minimum atomic E-state index is 0.172. The van der Waals surface area contributed by atoms with Crippen LogP contribution in [0.5, 0.6) is 0 Å². The quantitative estimate of drug-likeness (QED) is 0.637. The Morgan fingerprint density at radius 2 is 2.38 bits per heavy atom. The highest BCUT2D eigenvalue weighted by Crippen LogP contribution is 2.09. The van der Waals surface area contributed by atoms with E-state index in [1.165, 1.54) is 0 Å². The molecule has 1 atom stereocenters. The molecule has 0 radical (unpaired) electrons. The van der Waals surface area contributed by atoms with E-state index in [2.05, 4.69) is 17.6 Å². The van der Waals surface area contributed by atoms with Crippen LogP contribution in [0.25, 0.3) is 0 Å². The summed E-state index contributed by atoms with van der Waals surface area (Å²) >= 11 is 0. The average Bonchev–Trinajstić information content (AvgIpc) is 2.34. The van der Waals surface area contributed by atoms with Crippen molar-refractivity contribution < 1.29 is 9.53 Å². The van der Waals surface area contributed by atoms with Gasteiger partial charge < -0.3 is 15.4 Å². The predicted octanol–water partition coefficient (Wildman–Crippen LogP) is 0.919. The maximum absolute atomic E-state index is 11.7. The van der Waals surface area contributed by atoms with E-state index >= 15 is 0 Å². The van der Waals surface area contributed by atoms with Crippen LogP contribution >= 0.6 is 0 Å². The van der Waals surface area contributed by atoms with Gasteiger partial charge in [0, 0.05) is 26.3 Å². The first kappa shape index (κ1) is 13.5. The van der Waals surface area contributed by atoms with Crippen molar-refractivity contribution >= 4 is 5.91 Å². The highest BCUT2D eigenvalue weighted by molar-refractivity contribution is 5.78. The van der Waals surface area contributed by atoms with Gasteiger partial charge in [-0.15, -0.1) is 0 Å².